The molecule has 2 heterocycles. The summed E-state index contributed by atoms with van der Waals surface area (Å²) < 4.78 is 0. The number of H-pyrrole nitrogens is 1. The lowest BCUT2D eigenvalue weighted by molar-refractivity contribution is 0.959. The molecular formula is C15H12N2OS. The van der Waals surface area contributed by atoms with Crippen LogP contribution < -0.4 is 5.56 Å². The highest BCUT2D eigenvalue weighted by molar-refractivity contribution is 7.09. The average Bonchev–Trinajstić information content (AvgIpc) is 2.95. The van der Waals surface area contributed by atoms with Gasteiger partial charge in [-0.2, -0.15) is 5.10 Å². The van der Waals surface area contributed by atoms with E-state index in [2.05, 4.69) is 10.2 Å². The molecular weight excluding hydrogens is 256 g/mol. The molecule has 0 aliphatic heterocycles. The van der Waals surface area contributed by atoms with Crippen LogP contribution in [0.2, 0.25) is 0 Å². The highest BCUT2D eigenvalue weighted by Gasteiger charge is 2.06. The second-order valence-electron chi connectivity index (χ2n) is 4.23. The Bertz CT molecular complexity index is 717. The van der Waals surface area contributed by atoms with E-state index in [0.717, 1.165) is 16.8 Å². The zero-order valence-corrected chi connectivity index (χ0v) is 11.0. The van der Waals surface area contributed by atoms with Gasteiger partial charge in [0.15, 0.2) is 0 Å². The number of nitrogens with one attached hydrogen (secondary N) is 1. The number of nitrogens with zero attached hydrogens (tertiary/aromatic N) is 1. The minimum Gasteiger partial charge on any atom is -0.268 e. The van der Waals surface area contributed by atoms with Gasteiger partial charge in [-0.15, -0.1) is 11.3 Å². The molecule has 19 heavy (non-hydrogen) atoms. The summed E-state index contributed by atoms with van der Waals surface area (Å²) in [6.45, 7) is 0. The van der Waals surface area contributed by atoms with Crippen LogP contribution >= 0.6 is 11.3 Å². The van der Waals surface area contributed by atoms with Gasteiger partial charge in [-0.05, 0) is 17.5 Å². The van der Waals surface area contributed by atoms with Crippen molar-refractivity contribution < 1.29 is 0 Å². The maximum Gasteiger partial charge on any atom is 0.267 e. The average molecular weight is 268 g/mol. The second-order valence-corrected chi connectivity index (χ2v) is 5.26. The van der Waals surface area contributed by atoms with E-state index in [4.69, 9.17) is 0 Å². The van der Waals surface area contributed by atoms with Crippen molar-refractivity contribution >= 4 is 11.3 Å². The Morgan fingerprint density at radius 3 is 2.68 bits per heavy atom. The molecule has 94 valence electrons. The van der Waals surface area contributed by atoms with Gasteiger partial charge in [0.25, 0.3) is 5.56 Å². The summed E-state index contributed by atoms with van der Waals surface area (Å²) in [6.07, 6.45) is 0.648. The molecule has 0 saturated carbocycles. The van der Waals surface area contributed by atoms with Crippen LogP contribution in [-0.2, 0) is 6.42 Å². The van der Waals surface area contributed by atoms with Gasteiger partial charge in [0.05, 0.1) is 5.69 Å². The highest BCUT2D eigenvalue weighted by atomic mass is 32.1. The Morgan fingerprint density at radius 2 is 1.95 bits per heavy atom. The van der Waals surface area contributed by atoms with Gasteiger partial charge in [0, 0.05) is 22.4 Å². The van der Waals surface area contributed by atoms with Crippen LogP contribution in [-0.4, -0.2) is 10.2 Å². The lowest BCUT2D eigenvalue weighted by Gasteiger charge is -2.03. The molecule has 3 aromatic rings. The van der Waals surface area contributed by atoms with E-state index in [1.54, 1.807) is 11.3 Å². The van der Waals surface area contributed by atoms with Gasteiger partial charge in [-0.1, -0.05) is 36.4 Å². The minimum atomic E-state index is -0.118. The van der Waals surface area contributed by atoms with E-state index in [9.17, 15) is 4.79 Å². The summed E-state index contributed by atoms with van der Waals surface area (Å²) in [4.78, 5) is 13.0. The van der Waals surface area contributed by atoms with Gasteiger partial charge in [-0.25, -0.2) is 5.10 Å². The largest absolute Gasteiger partial charge is 0.268 e. The highest BCUT2D eigenvalue weighted by Crippen LogP contribution is 2.18. The summed E-state index contributed by atoms with van der Waals surface area (Å²) >= 11 is 1.65. The van der Waals surface area contributed by atoms with Crippen LogP contribution in [0.4, 0.5) is 0 Å². The number of hydrogen-bond acceptors (Lipinski definition) is 3. The molecule has 0 fully saturated rings. The number of aromatic amines is 1. The number of thiophene rings is 1. The summed E-state index contributed by atoms with van der Waals surface area (Å²) in [7, 11) is 0. The van der Waals surface area contributed by atoms with Gasteiger partial charge in [0.2, 0.25) is 0 Å². The van der Waals surface area contributed by atoms with Crippen LogP contribution in [0.5, 0.6) is 0 Å². The smallest absolute Gasteiger partial charge is 0.267 e. The Kier molecular flexibility index (Phi) is 3.25. The van der Waals surface area contributed by atoms with Crippen molar-refractivity contribution in [3.05, 3.63) is 74.7 Å². The van der Waals surface area contributed by atoms with E-state index >= 15 is 0 Å². The van der Waals surface area contributed by atoms with Gasteiger partial charge >= 0.3 is 0 Å². The van der Waals surface area contributed by atoms with Crippen LogP contribution in [0, 0.1) is 0 Å². The summed E-state index contributed by atoms with van der Waals surface area (Å²) in [5.74, 6) is 0. The molecule has 0 saturated heterocycles. The normalized spacial score (nSPS) is 10.5. The van der Waals surface area contributed by atoms with Crippen LogP contribution in [0.15, 0.2) is 58.7 Å². The fourth-order valence-electron chi connectivity index (χ4n) is 1.93. The Balaban J connectivity index is 1.99. The third-order valence-corrected chi connectivity index (χ3v) is 3.77. The zero-order valence-electron chi connectivity index (χ0n) is 10.2. The third-order valence-electron chi connectivity index (χ3n) is 2.89. The summed E-state index contributed by atoms with van der Waals surface area (Å²) in [6, 6.07) is 15.7. The molecule has 0 atom stereocenters. The van der Waals surface area contributed by atoms with E-state index in [-0.39, 0.29) is 5.56 Å². The van der Waals surface area contributed by atoms with E-state index < -0.39 is 0 Å². The SMILES string of the molecule is O=c1[nH]nc(-c2ccccc2)cc1Cc1cccs1. The molecule has 1 aromatic carbocycles. The topological polar surface area (TPSA) is 45.8 Å². The van der Waals surface area contributed by atoms with Crippen molar-refractivity contribution in [2.24, 2.45) is 0 Å². The number of rotatable bonds is 3. The first-order valence-corrected chi connectivity index (χ1v) is 6.87. The van der Waals surface area contributed by atoms with Crippen LogP contribution in [0.25, 0.3) is 11.3 Å². The lowest BCUT2D eigenvalue weighted by atomic mass is 10.1. The molecule has 0 aliphatic carbocycles. The first kappa shape index (κ1) is 11.9. The molecule has 0 unspecified atom stereocenters. The van der Waals surface area contributed by atoms with Crippen molar-refractivity contribution in [2.45, 2.75) is 6.42 Å². The molecule has 3 nitrogen and oxygen atoms in total. The van der Waals surface area contributed by atoms with E-state index in [1.165, 1.54) is 4.88 Å². The molecule has 0 amide bonds. The van der Waals surface area contributed by atoms with Crippen molar-refractivity contribution in [2.75, 3.05) is 0 Å². The molecule has 0 radical (unpaired) electrons. The maximum absolute atomic E-state index is 11.8. The van der Waals surface area contributed by atoms with Crippen molar-refractivity contribution in [1.82, 2.24) is 10.2 Å². The van der Waals surface area contributed by atoms with Gasteiger partial charge in [0.1, 0.15) is 0 Å². The quantitative estimate of drug-likeness (QED) is 0.793. The van der Waals surface area contributed by atoms with Crippen molar-refractivity contribution in [1.29, 1.82) is 0 Å². The maximum atomic E-state index is 11.8. The summed E-state index contributed by atoms with van der Waals surface area (Å²) in [5, 5.41) is 8.70. The number of benzene rings is 1. The minimum absolute atomic E-state index is 0.118. The second kappa shape index (κ2) is 5.20. The lowest BCUT2D eigenvalue weighted by Crippen LogP contribution is -2.14. The Morgan fingerprint density at radius 1 is 1.11 bits per heavy atom. The van der Waals surface area contributed by atoms with Gasteiger partial charge < -0.3 is 0 Å². The number of hydrogen-bond donors (Lipinski definition) is 1. The van der Waals surface area contributed by atoms with E-state index in [0.29, 0.717) is 6.42 Å². The molecule has 3 rings (SSSR count). The van der Waals surface area contributed by atoms with E-state index in [1.807, 2.05) is 53.9 Å². The molecule has 0 spiro atoms. The Labute approximate surface area is 114 Å². The molecule has 4 heteroatoms. The standard InChI is InChI=1S/C15H12N2OS/c18-15-12(9-13-7-4-8-19-13)10-14(16-17-15)11-5-2-1-3-6-11/h1-8,10H,9H2,(H,17,18). The first-order chi connectivity index (χ1) is 9.33. The molecule has 1 N–H and O–H groups in total. The fraction of sp³-hybridized carbons (Fsp3) is 0.0667. The first-order valence-electron chi connectivity index (χ1n) is 5.99. The molecule has 0 bridgehead atoms. The molecule has 2 aromatic heterocycles. The zero-order chi connectivity index (χ0) is 13.1. The van der Waals surface area contributed by atoms with Crippen LogP contribution in [0.1, 0.15) is 10.4 Å². The number of aromatic nitrogens is 2. The fourth-order valence-corrected chi connectivity index (χ4v) is 2.66. The predicted octanol–water partition coefficient (Wildman–Crippen LogP) is 3.09. The van der Waals surface area contributed by atoms with Crippen molar-refractivity contribution in [3.63, 3.8) is 0 Å². The van der Waals surface area contributed by atoms with Gasteiger partial charge in [-0.3, -0.25) is 4.79 Å². The third kappa shape index (κ3) is 2.63. The Hall–Kier alpha value is -2.20. The van der Waals surface area contributed by atoms with Crippen LogP contribution in [0.3, 0.4) is 0 Å². The summed E-state index contributed by atoms with van der Waals surface area (Å²) in [5.41, 5.74) is 2.43. The predicted molar refractivity (Wildman–Crippen MR) is 77.4 cm³/mol. The monoisotopic (exact) mass is 268 g/mol. The van der Waals surface area contributed by atoms with Crippen molar-refractivity contribution in [3.8, 4) is 11.3 Å². The molecule has 0 aliphatic rings.